The van der Waals surface area contributed by atoms with Crippen molar-refractivity contribution in [3.8, 4) is 11.5 Å². The van der Waals surface area contributed by atoms with Crippen LogP contribution in [0.2, 0.25) is 0 Å². The molecular weight excluding hydrogens is 274 g/mol. The lowest BCUT2D eigenvalue weighted by Crippen LogP contribution is -2.40. The number of para-hydroxylation sites is 1. The van der Waals surface area contributed by atoms with E-state index in [1.165, 1.54) is 0 Å². The zero-order chi connectivity index (χ0) is 15.8. The Kier molecular flexibility index (Phi) is 5.83. The van der Waals surface area contributed by atoms with Crippen LogP contribution in [-0.2, 0) is 6.54 Å². The quantitative estimate of drug-likeness (QED) is 0.655. The number of nitrogens with zero attached hydrogens (tertiary/aromatic N) is 1. The lowest BCUT2D eigenvalue weighted by atomic mass is 10.2. The molecule has 4 heteroatoms. The fourth-order valence-electron chi connectivity index (χ4n) is 2.00. The first-order valence-electron chi connectivity index (χ1n) is 7.46. The molecule has 4 nitrogen and oxygen atoms in total. The number of nitrogens with one attached hydrogen (secondary N) is 2. The average molecular weight is 297 g/mol. The summed E-state index contributed by atoms with van der Waals surface area (Å²) in [5, 5.41) is 6.55. The van der Waals surface area contributed by atoms with Crippen LogP contribution in [0.15, 0.2) is 59.6 Å². The fourth-order valence-corrected chi connectivity index (χ4v) is 2.00. The minimum absolute atomic E-state index is 0.346. The van der Waals surface area contributed by atoms with Gasteiger partial charge in [-0.15, -0.1) is 0 Å². The van der Waals surface area contributed by atoms with Crippen LogP contribution in [0.3, 0.4) is 0 Å². The lowest BCUT2D eigenvalue weighted by Gasteiger charge is -2.14. The van der Waals surface area contributed by atoms with Gasteiger partial charge in [0.25, 0.3) is 0 Å². The van der Waals surface area contributed by atoms with Gasteiger partial charge in [0, 0.05) is 19.6 Å². The minimum atomic E-state index is 0.346. The van der Waals surface area contributed by atoms with E-state index in [1.807, 2.05) is 48.5 Å². The van der Waals surface area contributed by atoms with Gasteiger partial charge in [0.2, 0.25) is 0 Å². The summed E-state index contributed by atoms with van der Waals surface area (Å²) in [6, 6.07) is 18.2. The molecule has 0 radical (unpaired) electrons. The maximum Gasteiger partial charge on any atom is 0.191 e. The monoisotopic (exact) mass is 297 g/mol. The largest absolute Gasteiger partial charge is 0.457 e. The molecule has 0 unspecified atom stereocenters. The molecule has 0 amide bonds. The van der Waals surface area contributed by atoms with E-state index < -0.39 is 0 Å². The van der Waals surface area contributed by atoms with E-state index in [0.29, 0.717) is 12.6 Å². The SMILES string of the molecule is CN=C(NCc1cccc(Oc2ccccc2)c1)NC(C)C. The first-order chi connectivity index (χ1) is 10.7. The van der Waals surface area contributed by atoms with Crippen LogP contribution >= 0.6 is 0 Å². The van der Waals surface area contributed by atoms with Gasteiger partial charge >= 0.3 is 0 Å². The molecule has 0 aliphatic heterocycles. The molecule has 0 fully saturated rings. The molecule has 0 aliphatic rings. The van der Waals surface area contributed by atoms with Crippen LogP contribution in [0.5, 0.6) is 11.5 Å². The second-order valence-electron chi connectivity index (χ2n) is 5.29. The number of guanidine groups is 1. The van der Waals surface area contributed by atoms with Gasteiger partial charge in [-0.05, 0) is 43.7 Å². The lowest BCUT2D eigenvalue weighted by molar-refractivity contribution is 0.482. The number of aliphatic imine (C=N–C) groups is 1. The second kappa shape index (κ2) is 8.08. The molecule has 116 valence electrons. The Morgan fingerprint density at radius 2 is 1.77 bits per heavy atom. The maximum absolute atomic E-state index is 5.84. The van der Waals surface area contributed by atoms with Crippen LogP contribution in [0.25, 0.3) is 0 Å². The van der Waals surface area contributed by atoms with E-state index in [2.05, 4.69) is 35.5 Å². The molecule has 0 saturated carbocycles. The Bertz CT molecular complexity index is 609. The van der Waals surface area contributed by atoms with Crippen LogP contribution in [-0.4, -0.2) is 19.0 Å². The van der Waals surface area contributed by atoms with Crippen LogP contribution in [0.1, 0.15) is 19.4 Å². The second-order valence-corrected chi connectivity index (χ2v) is 5.29. The normalized spacial score (nSPS) is 11.4. The average Bonchev–Trinajstić information content (AvgIpc) is 2.52. The Morgan fingerprint density at radius 1 is 1.05 bits per heavy atom. The molecule has 2 aromatic rings. The highest BCUT2D eigenvalue weighted by molar-refractivity contribution is 5.79. The number of hydrogen-bond donors (Lipinski definition) is 2. The summed E-state index contributed by atoms with van der Waals surface area (Å²) in [6.45, 7) is 4.86. The van der Waals surface area contributed by atoms with Crippen molar-refractivity contribution in [1.82, 2.24) is 10.6 Å². The van der Waals surface area contributed by atoms with E-state index in [4.69, 9.17) is 4.74 Å². The molecular formula is C18H23N3O. The topological polar surface area (TPSA) is 45.7 Å². The first-order valence-corrected chi connectivity index (χ1v) is 7.46. The smallest absolute Gasteiger partial charge is 0.191 e. The summed E-state index contributed by atoms with van der Waals surface area (Å²) in [5.41, 5.74) is 1.14. The van der Waals surface area contributed by atoms with Gasteiger partial charge in [-0.3, -0.25) is 4.99 Å². The molecule has 22 heavy (non-hydrogen) atoms. The highest BCUT2D eigenvalue weighted by Crippen LogP contribution is 2.21. The number of hydrogen-bond acceptors (Lipinski definition) is 2. The van der Waals surface area contributed by atoms with Crippen molar-refractivity contribution in [3.05, 3.63) is 60.2 Å². The summed E-state index contributed by atoms with van der Waals surface area (Å²) < 4.78 is 5.84. The van der Waals surface area contributed by atoms with E-state index in [9.17, 15) is 0 Å². The Morgan fingerprint density at radius 3 is 2.45 bits per heavy atom. The minimum Gasteiger partial charge on any atom is -0.457 e. The van der Waals surface area contributed by atoms with Gasteiger partial charge < -0.3 is 15.4 Å². The van der Waals surface area contributed by atoms with Gasteiger partial charge in [-0.2, -0.15) is 0 Å². The molecule has 2 N–H and O–H groups in total. The molecule has 0 atom stereocenters. The highest BCUT2D eigenvalue weighted by Gasteiger charge is 2.02. The maximum atomic E-state index is 5.84. The van der Waals surface area contributed by atoms with E-state index in [-0.39, 0.29) is 0 Å². The predicted molar refractivity (Wildman–Crippen MR) is 91.4 cm³/mol. The summed E-state index contributed by atoms with van der Waals surface area (Å²) in [5.74, 6) is 2.46. The van der Waals surface area contributed by atoms with Crippen molar-refractivity contribution in [3.63, 3.8) is 0 Å². The third-order valence-electron chi connectivity index (χ3n) is 2.99. The first kappa shape index (κ1) is 15.9. The standard InChI is InChI=1S/C18H23N3O/c1-14(2)21-18(19-3)20-13-15-8-7-11-17(12-15)22-16-9-5-4-6-10-16/h4-12,14H,13H2,1-3H3,(H2,19,20,21). The molecule has 2 aromatic carbocycles. The Labute approximate surface area is 132 Å². The third kappa shape index (κ3) is 5.13. The van der Waals surface area contributed by atoms with Gasteiger partial charge in [-0.25, -0.2) is 0 Å². The van der Waals surface area contributed by atoms with Crippen molar-refractivity contribution < 1.29 is 4.74 Å². The molecule has 0 saturated heterocycles. The number of ether oxygens (including phenoxy) is 1. The van der Waals surface area contributed by atoms with E-state index in [1.54, 1.807) is 7.05 Å². The predicted octanol–water partition coefficient (Wildman–Crippen LogP) is 3.55. The van der Waals surface area contributed by atoms with Crippen molar-refractivity contribution in [2.45, 2.75) is 26.4 Å². The van der Waals surface area contributed by atoms with Crippen molar-refractivity contribution in [2.24, 2.45) is 4.99 Å². The molecule has 0 spiro atoms. The van der Waals surface area contributed by atoms with Crippen molar-refractivity contribution in [1.29, 1.82) is 0 Å². The Balaban J connectivity index is 1.97. The van der Waals surface area contributed by atoms with Crippen LogP contribution in [0.4, 0.5) is 0 Å². The molecule has 0 bridgehead atoms. The summed E-state index contributed by atoms with van der Waals surface area (Å²) >= 11 is 0. The highest BCUT2D eigenvalue weighted by atomic mass is 16.5. The van der Waals surface area contributed by atoms with Gasteiger partial charge in [0.05, 0.1) is 0 Å². The summed E-state index contributed by atoms with van der Waals surface area (Å²) in [7, 11) is 1.77. The molecule has 0 aromatic heterocycles. The zero-order valence-corrected chi connectivity index (χ0v) is 13.3. The van der Waals surface area contributed by atoms with Gasteiger partial charge in [0.15, 0.2) is 5.96 Å². The molecule has 2 rings (SSSR count). The molecule has 0 aliphatic carbocycles. The Hall–Kier alpha value is -2.49. The fraction of sp³-hybridized carbons (Fsp3) is 0.278. The number of benzene rings is 2. The van der Waals surface area contributed by atoms with E-state index in [0.717, 1.165) is 23.0 Å². The molecule has 0 heterocycles. The van der Waals surface area contributed by atoms with Crippen molar-refractivity contribution >= 4 is 5.96 Å². The van der Waals surface area contributed by atoms with Gasteiger partial charge in [0.1, 0.15) is 11.5 Å². The third-order valence-corrected chi connectivity index (χ3v) is 2.99. The van der Waals surface area contributed by atoms with Crippen LogP contribution in [0, 0.1) is 0 Å². The van der Waals surface area contributed by atoms with Crippen molar-refractivity contribution in [2.75, 3.05) is 7.05 Å². The van der Waals surface area contributed by atoms with E-state index >= 15 is 0 Å². The van der Waals surface area contributed by atoms with Crippen LogP contribution < -0.4 is 15.4 Å². The zero-order valence-electron chi connectivity index (χ0n) is 13.3. The summed E-state index contributed by atoms with van der Waals surface area (Å²) in [6.07, 6.45) is 0. The number of rotatable bonds is 5. The van der Waals surface area contributed by atoms with Gasteiger partial charge in [-0.1, -0.05) is 30.3 Å². The summed E-state index contributed by atoms with van der Waals surface area (Å²) in [4.78, 5) is 4.20.